The van der Waals surface area contributed by atoms with Crippen molar-refractivity contribution in [2.45, 2.75) is 20.4 Å². The number of halogens is 1. The second-order valence-corrected chi connectivity index (χ2v) is 6.89. The van der Waals surface area contributed by atoms with E-state index in [4.69, 9.17) is 4.74 Å². The summed E-state index contributed by atoms with van der Waals surface area (Å²) >= 11 is 1.73. The van der Waals surface area contributed by atoms with Crippen molar-refractivity contribution in [1.82, 2.24) is 0 Å². The maximum atomic E-state index is 12.6. The van der Waals surface area contributed by atoms with Gasteiger partial charge in [0.25, 0.3) is 5.91 Å². The summed E-state index contributed by atoms with van der Waals surface area (Å²) in [6.07, 6.45) is 0. The monoisotopic (exact) mass is 432 g/mol. The molecule has 1 N–H and O–H groups in total. The van der Waals surface area contributed by atoms with Crippen LogP contribution in [0.5, 0.6) is 5.75 Å². The molecule has 0 aliphatic rings. The average Bonchev–Trinajstić information content (AvgIpc) is 2.95. The standard InChI is InChI=1S/C20H20N2O2S.BrH/c1-14-15(2)25-13-22(14)12-17-7-4-5-10-19(17)21-20(23)16-8-6-9-18(11-16)24-3;/h4-11,13H,12H2,1-3H3;1H. The van der Waals surface area contributed by atoms with Gasteiger partial charge in [-0.25, -0.2) is 0 Å². The van der Waals surface area contributed by atoms with Crippen molar-refractivity contribution in [2.75, 3.05) is 12.4 Å². The van der Waals surface area contributed by atoms with Gasteiger partial charge in [0.15, 0.2) is 12.2 Å². The summed E-state index contributed by atoms with van der Waals surface area (Å²) in [5.74, 6) is 0.524. The number of carbonyl (C=O) groups excluding carboxylic acids is 1. The lowest BCUT2D eigenvalue weighted by molar-refractivity contribution is -0.689. The van der Waals surface area contributed by atoms with E-state index in [0.29, 0.717) is 11.3 Å². The van der Waals surface area contributed by atoms with Crippen LogP contribution in [0.3, 0.4) is 0 Å². The van der Waals surface area contributed by atoms with Crippen LogP contribution in [0.25, 0.3) is 0 Å². The summed E-state index contributed by atoms with van der Waals surface area (Å²) < 4.78 is 7.40. The topological polar surface area (TPSA) is 42.2 Å². The number of amides is 1. The number of hydrogen-bond donors (Lipinski definition) is 1. The average molecular weight is 433 g/mol. The molecule has 3 rings (SSSR count). The van der Waals surface area contributed by atoms with Gasteiger partial charge in [0.2, 0.25) is 5.51 Å². The molecule has 3 aromatic rings. The van der Waals surface area contributed by atoms with Crippen molar-refractivity contribution in [1.29, 1.82) is 0 Å². The minimum atomic E-state index is -0.144. The van der Waals surface area contributed by atoms with Crippen molar-refractivity contribution in [3.05, 3.63) is 75.7 Å². The normalized spacial score (nSPS) is 10.1. The number of nitrogens with one attached hydrogen (secondary N) is 1. The number of carbonyl (C=O) groups is 1. The van der Waals surface area contributed by atoms with Crippen LogP contribution in [0.1, 0.15) is 26.5 Å². The lowest BCUT2D eigenvalue weighted by Crippen LogP contribution is -3.00. The number of anilines is 1. The quantitative estimate of drug-likeness (QED) is 0.610. The predicted octanol–water partition coefficient (Wildman–Crippen LogP) is 0.966. The Kier molecular flexibility index (Phi) is 6.94. The molecule has 0 saturated carbocycles. The highest BCUT2D eigenvalue weighted by atomic mass is 79.9. The Balaban J connectivity index is 0.00000243. The molecule has 0 unspecified atom stereocenters. The van der Waals surface area contributed by atoms with Crippen LogP contribution < -0.4 is 31.6 Å². The van der Waals surface area contributed by atoms with E-state index in [2.05, 4.69) is 29.2 Å². The summed E-state index contributed by atoms with van der Waals surface area (Å²) in [6.45, 7) is 4.96. The van der Waals surface area contributed by atoms with Crippen molar-refractivity contribution in [2.24, 2.45) is 0 Å². The van der Waals surface area contributed by atoms with Gasteiger partial charge in [-0.3, -0.25) is 4.79 Å². The molecule has 0 bridgehead atoms. The smallest absolute Gasteiger partial charge is 0.255 e. The molecule has 0 saturated heterocycles. The van der Waals surface area contributed by atoms with Crippen LogP contribution in [0, 0.1) is 13.8 Å². The van der Waals surface area contributed by atoms with Crippen molar-refractivity contribution >= 4 is 22.9 Å². The lowest BCUT2D eigenvalue weighted by atomic mass is 10.1. The van der Waals surface area contributed by atoms with E-state index in [1.165, 1.54) is 10.6 Å². The first-order valence-corrected chi connectivity index (χ1v) is 8.94. The number of rotatable bonds is 5. The zero-order chi connectivity index (χ0) is 17.8. The first kappa shape index (κ1) is 20.1. The van der Waals surface area contributed by atoms with Gasteiger partial charge in [-0.15, -0.1) is 0 Å². The van der Waals surface area contributed by atoms with Crippen LogP contribution in [0.15, 0.2) is 54.0 Å². The number of aromatic nitrogens is 1. The molecule has 1 amide bonds. The Morgan fingerprint density at radius 1 is 1.15 bits per heavy atom. The molecule has 26 heavy (non-hydrogen) atoms. The summed E-state index contributed by atoms with van der Waals surface area (Å²) in [7, 11) is 1.59. The molecule has 2 aromatic carbocycles. The third kappa shape index (κ3) is 4.51. The number of methoxy groups -OCH3 is 1. The van der Waals surface area contributed by atoms with Crippen molar-refractivity contribution in [3.8, 4) is 5.75 Å². The molecule has 0 aliphatic heterocycles. The van der Waals surface area contributed by atoms with E-state index < -0.39 is 0 Å². The maximum absolute atomic E-state index is 12.6. The summed E-state index contributed by atoms with van der Waals surface area (Å²) in [5, 5.41) is 3.02. The lowest BCUT2D eigenvalue weighted by Gasteiger charge is -2.10. The molecule has 0 spiro atoms. The minimum Gasteiger partial charge on any atom is -1.00 e. The highest BCUT2D eigenvalue weighted by Gasteiger charge is 2.16. The molecule has 0 atom stereocenters. The van der Waals surface area contributed by atoms with Gasteiger partial charge >= 0.3 is 0 Å². The molecule has 1 heterocycles. The molecule has 0 radical (unpaired) electrons. The van der Waals surface area contributed by atoms with E-state index in [-0.39, 0.29) is 22.9 Å². The number of aryl methyl sites for hydroxylation is 1. The SMILES string of the molecule is COc1cccc(C(=O)Nc2ccccc2C[n+]2csc(C)c2C)c1.[Br-]. The molecule has 4 nitrogen and oxygen atoms in total. The van der Waals surface area contributed by atoms with E-state index in [9.17, 15) is 4.79 Å². The first-order chi connectivity index (χ1) is 12.1. The second kappa shape index (κ2) is 8.96. The number of hydrogen-bond acceptors (Lipinski definition) is 3. The molecule has 0 fully saturated rings. The largest absolute Gasteiger partial charge is 1.00 e. The van der Waals surface area contributed by atoms with Crippen LogP contribution in [-0.2, 0) is 6.54 Å². The fraction of sp³-hybridized carbons (Fsp3) is 0.200. The molecule has 1 aromatic heterocycles. The fourth-order valence-corrected chi connectivity index (χ4v) is 3.39. The number of ether oxygens (including phenoxy) is 1. The number of thiazole rings is 1. The summed E-state index contributed by atoms with van der Waals surface area (Å²) in [4.78, 5) is 13.9. The third-order valence-electron chi connectivity index (χ3n) is 4.24. The van der Waals surface area contributed by atoms with Crippen LogP contribution in [-0.4, -0.2) is 13.0 Å². The number of nitrogens with zero attached hydrogens (tertiary/aromatic N) is 1. The number of para-hydroxylation sites is 1. The highest BCUT2D eigenvalue weighted by molar-refractivity contribution is 7.09. The molecule has 0 aliphatic carbocycles. The fourth-order valence-electron chi connectivity index (χ4n) is 2.59. The van der Waals surface area contributed by atoms with Crippen LogP contribution >= 0.6 is 11.3 Å². The Bertz CT molecular complexity index is 908. The van der Waals surface area contributed by atoms with Gasteiger partial charge in [-0.05, 0) is 31.2 Å². The maximum Gasteiger partial charge on any atom is 0.255 e. The predicted molar refractivity (Wildman–Crippen MR) is 100 cm³/mol. The van der Waals surface area contributed by atoms with Crippen LogP contribution in [0.2, 0.25) is 0 Å². The van der Waals surface area contributed by atoms with Gasteiger partial charge in [0.1, 0.15) is 5.75 Å². The van der Waals surface area contributed by atoms with Crippen molar-refractivity contribution < 1.29 is 31.1 Å². The van der Waals surface area contributed by atoms with E-state index in [0.717, 1.165) is 17.8 Å². The highest BCUT2D eigenvalue weighted by Crippen LogP contribution is 2.19. The zero-order valence-electron chi connectivity index (χ0n) is 15.0. The molecular formula is C20H21BrN2O2S. The van der Waals surface area contributed by atoms with Gasteiger partial charge in [0.05, 0.1) is 17.7 Å². The molecule has 136 valence electrons. The van der Waals surface area contributed by atoms with Gasteiger partial charge in [0, 0.05) is 18.1 Å². The summed E-state index contributed by atoms with van der Waals surface area (Å²) in [5.41, 5.74) is 5.84. The summed E-state index contributed by atoms with van der Waals surface area (Å²) in [6, 6.07) is 15.0. The Hall–Kier alpha value is -2.18. The molecule has 6 heteroatoms. The third-order valence-corrected chi connectivity index (χ3v) is 5.24. The van der Waals surface area contributed by atoms with E-state index >= 15 is 0 Å². The zero-order valence-corrected chi connectivity index (χ0v) is 17.4. The van der Waals surface area contributed by atoms with Gasteiger partial charge < -0.3 is 27.0 Å². The van der Waals surface area contributed by atoms with Gasteiger partial charge in [-0.2, -0.15) is 4.57 Å². The first-order valence-electron chi connectivity index (χ1n) is 8.06. The second-order valence-electron chi connectivity index (χ2n) is 5.84. The van der Waals surface area contributed by atoms with E-state index in [1.807, 2.05) is 36.4 Å². The Labute approximate surface area is 168 Å². The Morgan fingerprint density at radius 2 is 1.92 bits per heavy atom. The van der Waals surface area contributed by atoms with Gasteiger partial charge in [-0.1, -0.05) is 35.6 Å². The minimum absolute atomic E-state index is 0. The van der Waals surface area contributed by atoms with Crippen molar-refractivity contribution in [3.63, 3.8) is 0 Å². The van der Waals surface area contributed by atoms with E-state index in [1.54, 1.807) is 30.6 Å². The van der Waals surface area contributed by atoms with Crippen LogP contribution in [0.4, 0.5) is 5.69 Å². The number of benzene rings is 2. The molecular weight excluding hydrogens is 412 g/mol. The Morgan fingerprint density at radius 3 is 2.62 bits per heavy atom.